The van der Waals surface area contributed by atoms with E-state index < -0.39 is 16.1 Å². The van der Waals surface area contributed by atoms with Crippen molar-refractivity contribution < 1.29 is 23.1 Å². The number of hydrogen-bond donors (Lipinski definition) is 1. The molecule has 0 saturated carbocycles. The summed E-state index contributed by atoms with van der Waals surface area (Å²) >= 11 is 0. The Balaban J connectivity index is 1.53. The van der Waals surface area contributed by atoms with Crippen LogP contribution >= 0.6 is 0 Å². The number of ether oxygens (including phenoxy) is 1. The summed E-state index contributed by atoms with van der Waals surface area (Å²) in [5.41, 5.74) is 2.70. The number of carbonyl (C=O) groups excluding carboxylic acids is 1. The van der Waals surface area contributed by atoms with Crippen molar-refractivity contribution in [2.24, 2.45) is 0 Å². The number of nitroso groups, excluding NO2 is 1. The number of benzene rings is 2. The second-order valence-electron chi connectivity index (χ2n) is 7.27. The van der Waals surface area contributed by atoms with Gasteiger partial charge in [-0.05, 0) is 31.9 Å². The fourth-order valence-electron chi connectivity index (χ4n) is 3.88. The van der Waals surface area contributed by atoms with Crippen LogP contribution in [0.1, 0.15) is 24.0 Å². The molecule has 2 aliphatic rings. The molecule has 9 heteroatoms. The van der Waals surface area contributed by atoms with E-state index in [0.29, 0.717) is 18.4 Å². The lowest BCUT2D eigenvalue weighted by Gasteiger charge is -2.39. The summed E-state index contributed by atoms with van der Waals surface area (Å²) in [6.07, 6.45) is 0.609. The van der Waals surface area contributed by atoms with Crippen molar-refractivity contribution >= 4 is 27.5 Å². The second-order valence-corrected chi connectivity index (χ2v) is 9.21. The Morgan fingerprint density at radius 2 is 1.83 bits per heavy atom. The third-order valence-corrected chi connectivity index (χ3v) is 7.44. The maximum atomic E-state index is 13.0. The Hall–Kier alpha value is -2.78. The molecule has 8 nitrogen and oxygen atoms in total. The lowest BCUT2D eigenvalue weighted by atomic mass is 10.0. The van der Waals surface area contributed by atoms with Crippen LogP contribution in [0, 0.1) is 11.8 Å². The zero-order valence-electron chi connectivity index (χ0n) is 16.0. The van der Waals surface area contributed by atoms with E-state index in [0.717, 1.165) is 11.3 Å². The number of piperidine rings is 1. The normalized spacial score (nSPS) is 18.2. The number of amides is 1. The molecular formula is C20H22N3O5S+. The van der Waals surface area contributed by atoms with E-state index in [4.69, 9.17) is 4.74 Å². The number of fused-ring (bicyclic) bond motifs is 1. The highest BCUT2D eigenvalue weighted by atomic mass is 32.2. The van der Waals surface area contributed by atoms with Crippen LogP contribution < -0.4 is 10.1 Å². The number of carbonyl (C=O) groups is 1. The number of anilines is 1. The van der Waals surface area contributed by atoms with Crippen molar-refractivity contribution in [1.82, 2.24) is 4.31 Å². The number of hydrogen-bond acceptors (Lipinski definition) is 5. The van der Waals surface area contributed by atoms with Gasteiger partial charge in [-0.2, -0.15) is 4.31 Å². The highest BCUT2D eigenvalue weighted by molar-refractivity contribution is 7.89. The van der Waals surface area contributed by atoms with E-state index in [-0.39, 0.29) is 36.3 Å². The molecule has 0 spiro atoms. The Morgan fingerprint density at radius 3 is 2.55 bits per heavy atom. The SMILES string of the molecule is Cc1ccc(S(=O)(=O)N2CCC(N3C(=O)OCc4ccccc43)CC2)cc1[NH+]=O. The lowest BCUT2D eigenvalue weighted by molar-refractivity contribution is -0.380. The van der Waals surface area contributed by atoms with Crippen LogP contribution in [-0.4, -0.2) is 37.9 Å². The first kappa shape index (κ1) is 19.5. The molecule has 1 fully saturated rings. The minimum absolute atomic E-state index is 0.0858. The number of cyclic esters (lactones) is 1. The monoisotopic (exact) mass is 416 g/mol. The Labute approximate surface area is 169 Å². The molecule has 0 unspecified atom stereocenters. The standard InChI is InChI=1S/C20H21N3O5S/c1-14-6-7-17(12-18(14)21-25)29(26,27)22-10-8-16(9-11-22)23-19-5-3-2-4-15(19)13-28-20(23)24/h2-7,12,16H,8-11,13H2,1H3/p+1. The van der Waals surface area contributed by atoms with Gasteiger partial charge >= 0.3 is 6.09 Å². The first-order valence-corrected chi connectivity index (χ1v) is 10.9. The van der Waals surface area contributed by atoms with Crippen LogP contribution in [0.2, 0.25) is 0 Å². The predicted octanol–water partition coefficient (Wildman–Crippen LogP) is 1.78. The molecular weight excluding hydrogens is 394 g/mol. The zero-order chi connectivity index (χ0) is 20.6. The Kier molecular flexibility index (Phi) is 5.10. The highest BCUT2D eigenvalue weighted by Crippen LogP contribution is 2.33. The number of sulfonamides is 1. The van der Waals surface area contributed by atoms with Crippen molar-refractivity contribution in [1.29, 1.82) is 0 Å². The third kappa shape index (κ3) is 3.51. The fourth-order valence-corrected chi connectivity index (χ4v) is 5.38. The van der Waals surface area contributed by atoms with Crippen LogP contribution in [0.4, 0.5) is 16.2 Å². The maximum Gasteiger partial charge on any atom is 0.414 e. The number of nitrogens with zero attached hydrogens (tertiary/aromatic N) is 2. The molecule has 0 aromatic heterocycles. The average Bonchev–Trinajstić information content (AvgIpc) is 2.74. The van der Waals surface area contributed by atoms with Gasteiger partial charge in [0.1, 0.15) is 6.61 Å². The van der Waals surface area contributed by atoms with Crippen molar-refractivity contribution in [3.05, 3.63) is 58.5 Å². The lowest BCUT2D eigenvalue weighted by Crippen LogP contribution is -2.56. The van der Waals surface area contributed by atoms with Gasteiger partial charge in [-0.15, -0.1) is 0 Å². The first-order valence-electron chi connectivity index (χ1n) is 9.44. The summed E-state index contributed by atoms with van der Waals surface area (Å²) in [7, 11) is -3.72. The van der Waals surface area contributed by atoms with Gasteiger partial charge in [0.15, 0.2) is 0 Å². The van der Waals surface area contributed by atoms with Crippen LogP contribution in [0.3, 0.4) is 0 Å². The summed E-state index contributed by atoms with van der Waals surface area (Å²) in [6.45, 7) is 2.56. The molecule has 2 heterocycles. The molecule has 29 heavy (non-hydrogen) atoms. The molecule has 0 bridgehead atoms. The smallest absolute Gasteiger partial charge is 0.414 e. The van der Waals surface area contributed by atoms with Gasteiger partial charge in [0.05, 0.1) is 10.6 Å². The molecule has 1 saturated heterocycles. The molecule has 0 aliphatic carbocycles. The molecule has 1 N–H and O–H groups in total. The van der Waals surface area contributed by atoms with Gasteiger partial charge < -0.3 is 4.74 Å². The fraction of sp³-hybridized carbons (Fsp3) is 0.350. The minimum Gasteiger partial charge on any atom is -0.444 e. The van der Waals surface area contributed by atoms with Crippen LogP contribution in [0.25, 0.3) is 0 Å². The van der Waals surface area contributed by atoms with E-state index in [2.05, 4.69) is 0 Å². The van der Waals surface area contributed by atoms with Crippen molar-refractivity contribution in [2.75, 3.05) is 18.0 Å². The largest absolute Gasteiger partial charge is 0.444 e. The van der Waals surface area contributed by atoms with Crippen LogP contribution in [-0.2, 0) is 21.4 Å². The van der Waals surface area contributed by atoms with Crippen LogP contribution in [0.5, 0.6) is 0 Å². The Bertz CT molecular complexity index is 1060. The van der Waals surface area contributed by atoms with Crippen LogP contribution in [0.15, 0.2) is 47.4 Å². The summed E-state index contributed by atoms with van der Waals surface area (Å²) in [5.74, 6) is 0. The molecule has 2 aliphatic heterocycles. The topological polar surface area (TPSA) is 98.0 Å². The number of rotatable bonds is 4. The predicted molar refractivity (Wildman–Crippen MR) is 106 cm³/mol. The minimum atomic E-state index is -3.72. The van der Waals surface area contributed by atoms with Gasteiger partial charge in [-0.3, -0.25) is 4.90 Å². The highest BCUT2D eigenvalue weighted by Gasteiger charge is 2.37. The van der Waals surface area contributed by atoms with E-state index >= 15 is 0 Å². The zero-order valence-corrected chi connectivity index (χ0v) is 16.8. The summed E-state index contributed by atoms with van der Waals surface area (Å²) in [6, 6.07) is 11.9. The van der Waals surface area contributed by atoms with E-state index in [9.17, 15) is 18.1 Å². The second kappa shape index (κ2) is 7.57. The molecule has 4 rings (SSSR count). The van der Waals surface area contributed by atoms with Crippen molar-refractivity contribution in [3.63, 3.8) is 0 Å². The summed E-state index contributed by atoms with van der Waals surface area (Å²) < 4.78 is 32.7. The maximum absolute atomic E-state index is 13.0. The van der Waals surface area contributed by atoms with E-state index in [1.54, 1.807) is 23.1 Å². The third-order valence-electron chi connectivity index (χ3n) is 5.54. The molecule has 2 aromatic carbocycles. The van der Waals surface area contributed by atoms with Gasteiger partial charge in [0.2, 0.25) is 10.0 Å². The van der Waals surface area contributed by atoms with Gasteiger partial charge in [-0.25, -0.2) is 13.2 Å². The van der Waals surface area contributed by atoms with Gasteiger partial charge in [0, 0.05) is 46.4 Å². The van der Waals surface area contributed by atoms with Crippen molar-refractivity contribution in [2.45, 2.75) is 37.3 Å². The molecule has 0 radical (unpaired) electrons. The number of para-hydroxylation sites is 1. The average molecular weight is 416 g/mol. The molecule has 2 aromatic rings. The van der Waals surface area contributed by atoms with Gasteiger partial charge in [0.25, 0.3) is 5.69 Å². The van der Waals surface area contributed by atoms with E-state index in [1.807, 2.05) is 24.3 Å². The number of nitrogens with one attached hydrogen (secondary N) is 1. The quantitative estimate of drug-likeness (QED) is 0.819. The number of aryl methyl sites for hydroxylation is 1. The Morgan fingerprint density at radius 1 is 1.10 bits per heavy atom. The van der Waals surface area contributed by atoms with Gasteiger partial charge in [-0.1, -0.05) is 24.3 Å². The molecule has 152 valence electrons. The molecule has 1 amide bonds. The van der Waals surface area contributed by atoms with Crippen molar-refractivity contribution in [3.8, 4) is 0 Å². The summed E-state index contributed by atoms with van der Waals surface area (Å²) in [5, 5.41) is 1.78. The first-order chi connectivity index (χ1) is 13.9. The summed E-state index contributed by atoms with van der Waals surface area (Å²) in [4.78, 5) is 25.2. The van der Waals surface area contributed by atoms with E-state index in [1.165, 1.54) is 16.4 Å². The molecule has 0 atom stereocenters.